The number of benzene rings is 3. The Labute approximate surface area is 204 Å². The van der Waals surface area contributed by atoms with E-state index in [0.717, 1.165) is 18.4 Å². The Hall–Kier alpha value is -2.89. The standard InChI is InChI=1S/C29H35NO3Si/c1-28(2,3)34(25-15-9-5-10-16-25,26-17-11-6-12-18-26)33-23-29(19-20-29)22-30-27(31)32-21-24-13-7-4-8-14-24/h4-18H,19-23H2,1-3H3,(H,30,31). The quantitative estimate of drug-likeness (QED) is 0.431. The summed E-state index contributed by atoms with van der Waals surface area (Å²) in [7, 11) is -2.58. The van der Waals surface area contributed by atoms with Gasteiger partial charge in [-0.2, -0.15) is 0 Å². The van der Waals surface area contributed by atoms with Crippen molar-refractivity contribution in [2.24, 2.45) is 5.41 Å². The number of alkyl carbamates (subject to hydrolysis) is 1. The molecule has 3 aromatic carbocycles. The summed E-state index contributed by atoms with van der Waals surface area (Å²) in [5, 5.41) is 5.48. The Morgan fingerprint density at radius 2 is 1.35 bits per heavy atom. The molecule has 1 aliphatic rings. The summed E-state index contributed by atoms with van der Waals surface area (Å²) in [5.74, 6) is 0. The van der Waals surface area contributed by atoms with Crippen LogP contribution in [-0.4, -0.2) is 27.6 Å². The van der Waals surface area contributed by atoms with Gasteiger partial charge in [0, 0.05) is 18.6 Å². The van der Waals surface area contributed by atoms with Crippen LogP contribution >= 0.6 is 0 Å². The summed E-state index contributed by atoms with van der Waals surface area (Å²) in [6, 6.07) is 31.1. The Morgan fingerprint density at radius 3 is 1.82 bits per heavy atom. The molecule has 0 unspecified atom stereocenters. The molecule has 1 aliphatic carbocycles. The normalized spacial score (nSPS) is 14.9. The summed E-state index contributed by atoms with van der Waals surface area (Å²) in [4.78, 5) is 12.3. The second kappa shape index (κ2) is 10.2. The zero-order valence-electron chi connectivity index (χ0n) is 20.4. The summed E-state index contributed by atoms with van der Waals surface area (Å²) in [6.07, 6.45) is 1.72. The maximum Gasteiger partial charge on any atom is 0.407 e. The maximum absolute atomic E-state index is 12.3. The molecule has 0 spiro atoms. The highest BCUT2D eigenvalue weighted by atomic mass is 28.4. The van der Waals surface area contributed by atoms with Crippen LogP contribution in [0.25, 0.3) is 0 Å². The number of hydrogen-bond donors (Lipinski definition) is 1. The van der Waals surface area contributed by atoms with Gasteiger partial charge in [0.1, 0.15) is 6.61 Å². The summed E-state index contributed by atoms with van der Waals surface area (Å²) >= 11 is 0. The van der Waals surface area contributed by atoms with Crippen LogP contribution in [0.1, 0.15) is 39.2 Å². The molecule has 4 nitrogen and oxygen atoms in total. The van der Waals surface area contributed by atoms with Crippen molar-refractivity contribution in [1.82, 2.24) is 5.32 Å². The average molecular weight is 474 g/mol. The van der Waals surface area contributed by atoms with Gasteiger partial charge in [-0.1, -0.05) is 112 Å². The fraction of sp³-hybridized carbons (Fsp3) is 0.345. The lowest BCUT2D eigenvalue weighted by Gasteiger charge is -2.43. The summed E-state index contributed by atoms with van der Waals surface area (Å²) in [5.41, 5.74) is 0.951. The number of ether oxygens (including phenoxy) is 1. The fourth-order valence-electron chi connectivity index (χ4n) is 4.61. The largest absolute Gasteiger partial charge is 0.445 e. The van der Waals surface area contributed by atoms with Crippen LogP contribution in [0.15, 0.2) is 91.0 Å². The molecule has 0 saturated heterocycles. The van der Waals surface area contributed by atoms with Gasteiger partial charge in [-0.25, -0.2) is 4.79 Å². The molecule has 178 valence electrons. The highest BCUT2D eigenvalue weighted by Gasteiger charge is 2.53. The first-order valence-electron chi connectivity index (χ1n) is 12.0. The molecular formula is C29H35NO3Si. The lowest BCUT2D eigenvalue weighted by Crippen LogP contribution is -2.67. The number of nitrogens with one attached hydrogen (secondary N) is 1. The van der Waals surface area contributed by atoms with Crippen LogP contribution in [0.4, 0.5) is 4.79 Å². The lowest BCUT2D eigenvalue weighted by atomic mass is 10.1. The van der Waals surface area contributed by atoms with Gasteiger partial charge in [0.15, 0.2) is 0 Å². The van der Waals surface area contributed by atoms with E-state index in [4.69, 9.17) is 9.16 Å². The van der Waals surface area contributed by atoms with Crippen LogP contribution < -0.4 is 15.7 Å². The Kier molecular flexibility index (Phi) is 7.24. The molecular weight excluding hydrogens is 438 g/mol. The minimum absolute atomic E-state index is 0.0289. The average Bonchev–Trinajstić information content (AvgIpc) is 3.63. The Bertz CT molecular complexity index is 1020. The third-order valence-electron chi connectivity index (χ3n) is 6.79. The molecule has 0 aliphatic heterocycles. The van der Waals surface area contributed by atoms with Gasteiger partial charge in [-0.05, 0) is 33.8 Å². The molecule has 34 heavy (non-hydrogen) atoms. The molecule has 3 aromatic rings. The van der Waals surface area contributed by atoms with Gasteiger partial charge in [-0.15, -0.1) is 0 Å². The van der Waals surface area contributed by atoms with E-state index in [2.05, 4.69) is 86.8 Å². The fourth-order valence-corrected chi connectivity index (χ4v) is 9.28. The first kappa shape index (κ1) is 24.2. The summed E-state index contributed by atoms with van der Waals surface area (Å²) in [6.45, 7) is 8.34. The first-order valence-corrected chi connectivity index (χ1v) is 14.0. The second-order valence-corrected chi connectivity index (χ2v) is 14.7. The first-order chi connectivity index (χ1) is 16.3. The smallest absolute Gasteiger partial charge is 0.407 e. The van der Waals surface area contributed by atoms with E-state index in [1.54, 1.807) is 0 Å². The zero-order valence-corrected chi connectivity index (χ0v) is 21.4. The molecule has 1 amide bonds. The van der Waals surface area contributed by atoms with Crippen molar-refractivity contribution in [1.29, 1.82) is 0 Å². The van der Waals surface area contributed by atoms with Gasteiger partial charge >= 0.3 is 6.09 Å². The van der Waals surface area contributed by atoms with Crippen molar-refractivity contribution in [3.05, 3.63) is 96.6 Å². The molecule has 1 N–H and O–H groups in total. The molecule has 1 saturated carbocycles. The molecule has 0 heterocycles. The van der Waals surface area contributed by atoms with E-state index < -0.39 is 8.32 Å². The van der Waals surface area contributed by atoms with Gasteiger partial charge < -0.3 is 14.5 Å². The van der Waals surface area contributed by atoms with E-state index in [-0.39, 0.29) is 23.2 Å². The minimum Gasteiger partial charge on any atom is -0.445 e. The van der Waals surface area contributed by atoms with Crippen molar-refractivity contribution < 1.29 is 14.0 Å². The zero-order chi connectivity index (χ0) is 24.1. The monoisotopic (exact) mass is 473 g/mol. The van der Waals surface area contributed by atoms with Crippen molar-refractivity contribution in [3.8, 4) is 0 Å². The predicted molar refractivity (Wildman–Crippen MR) is 140 cm³/mol. The number of carbonyl (C=O) groups excluding carboxylic acids is 1. The Balaban J connectivity index is 1.47. The topological polar surface area (TPSA) is 47.6 Å². The van der Waals surface area contributed by atoms with Gasteiger partial charge in [0.2, 0.25) is 0 Å². The third kappa shape index (κ3) is 5.42. The number of hydrogen-bond acceptors (Lipinski definition) is 3. The number of rotatable bonds is 9. The maximum atomic E-state index is 12.3. The SMILES string of the molecule is CC(C)(C)[Si](OCC1(CNC(=O)OCc2ccccc2)CC1)(c1ccccc1)c1ccccc1. The molecule has 0 radical (unpaired) electrons. The van der Waals surface area contributed by atoms with E-state index in [0.29, 0.717) is 13.2 Å². The van der Waals surface area contributed by atoms with Crippen molar-refractivity contribution in [2.45, 2.75) is 45.3 Å². The predicted octanol–water partition coefficient (Wildman–Crippen LogP) is 5.27. The molecule has 0 aromatic heterocycles. The van der Waals surface area contributed by atoms with Crippen molar-refractivity contribution >= 4 is 24.8 Å². The molecule has 5 heteroatoms. The summed E-state index contributed by atoms with van der Waals surface area (Å²) < 4.78 is 12.5. The van der Waals surface area contributed by atoms with Gasteiger partial charge in [0.05, 0.1) is 0 Å². The highest BCUT2D eigenvalue weighted by molar-refractivity contribution is 6.99. The number of carbonyl (C=O) groups is 1. The van der Waals surface area contributed by atoms with Crippen LogP contribution in [0.2, 0.25) is 5.04 Å². The van der Waals surface area contributed by atoms with Crippen LogP contribution in [0, 0.1) is 5.41 Å². The molecule has 0 atom stereocenters. The lowest BCUT2D eigenvalue weighted by molar-refractivity contribution is 0.134. The van der Waals surface area contributed by atoms with Crippen LogP contribution in [0.5, 0.6) is 0 Å². The minimum atomic E-state index is -2.58. The van der Waals surface area contributed by atoms with E-state index >= 15 is 0 Å². The van der Waals surface area contributed by atoms with Crippen LogP contribution in [0.3, 0.4) is 0 Å². The van der Waals surface area contributed by atoms with Crippen molar-refractivity contribution in [2.75, 3.05) is 13.2 Å². The van der Waals surface area contributed by atoms with Crippen LogP contribution in [-0.2, 0) is 15.8 Å². The second-order valence-electron chi connectivity index (χ2n) is 10.4. The highest BCUT2D eigenvalue weighted by Crippen LogP contribution is 2.47. The van der Waals surface area contributed by atoms with E-state index in [1.807, 2.05) is 30.3 Å². The third-order valence-corrected chi connectivity index (χ3v) is 11.8. The van der Waals surface area contributed by atoms with Gasteiger partial charge in [0.25, 0.3) is 8.32 Å². The number of amides is 1. The van der Waals surface area contributed by atoms with Crippen molar-refractivity contribution in [3.63, 3.8) is 0 Å². The Morgan fingerprint density at radius 1 is 0.853 bits per heavy atom. The van der Waals surface area contributed by atoms with E-state index in [9.17, 15) is 4.79 Å². The van der Waals surface area contributed by atoms with Gasteiger partial charge in [-0.3, -0.25) is 0 Å². The molecule has 1 fully saturated rings. The molecule has 0 bridgehead atoms. The molecule has 4 rings (SSSR count). The van der Waals surface area contributed by atoms with E-state index in [1.165, 1.54) is 10.4 Å².